The Labute approximate surface area is 221 Å². The number of nitro groups is 1. The van der Waals surface area contributed by atoms with E-state index in [0.29, 0.717) is 44.4 Å². The van der Waals surface area contributed by atoms with Gasteiger partial charge in [0, 0.05) is 27.7 Å². The van der Waals surface area contributed by atoms with Gasteiger partial charge in [-0.1, -0.05) is 41.9 Å². The van der Waals surface area contributed by atoms with Crippen LogP contribution >= 0.6 is 27.5 Å². The van der Waals surface area contributed by atoms with Gasteiger partial charge in [0.15, 0.2) is 17.0 Å². The van der Waals surface area contributed by atoms with E-state index in [1.807, 2.05) is 24.3 Å². The van der Waals surface area contributed by atoms with Crippen molar-refractivity contribution >= 4 is 39.1 Å². The highest BCUT2D eigenvalue weighted by Crippen LogP contribution is 2.53. The molecule has 1 saturated heterocycles. The Balaban J connectivity index is 1.53. The fraction of sp³-hybridized carbons (Fsp3) is 0.269. The molecule has 0 bridgehead atoms. The number of likely N-dealkylation sites (tertiary alicyclic amines) is 1. The first kappa shape index (κ1) is 24.5. The first-order chi connectivity index (χ1) is 17.3. The van der Waals surface area contributed by atoms with Crippen LogP contribution in [0.15, 0.2) is 65.1 Å². The number of nitrogens with one attached hydrogen (secondary N) is 1. The summed E-state index contributed by atoms with van der Waals surface area (Å²) in [6, 6.07) is 16.9. The van der Waals surface area contributed by atoms with Gasteiger partial charge in [-0.25, -0.2) is 0 Å². The smallest absolute Gasteiger partial charge is 0.256 e. The number of fused-ring (bicyclic) bond motifs is 2. The Bertz CT molecular complexity index is 1370. The second kappa shape index (κ2) is 9.38. The van der Waals surface area contributed by atoms with E-state index in [0.717, 1.165) is 5.56 Å². The fourth-order valence-corrected chi connectivity index (χ4v) is 6.24. The molecule has 3 aromatic rings. The summed E-state index contributed by atoms with van der Waals surface area (Å²) in [6.07, 6.45) is 0. The van der Waals surface area contributed by atoms with Gasteiger partial charge in [-0.3, -0.25) is 19.8 Å². The molecule has 0 unspecified atom stereocenters. The molecule has 10 heteroatoms. The van der Waals surface area contributed by atoms with Crippen LogP contribution in [-0.2, 0) is 16.9 Å². The summed E-state index contributed by atoms with van der Waals surface area (Å²) in [5, 5.41) is 16.0. The normalized spacial score (nSPS) is 22.9. The van der Waals surface area contributed by atoms with Crippen molar-refractivity contribution in [2.24, 2.45) is 0 Å². The maximum absolute atomic E-state index is 13.3. The maximum Gasteiger partial charge on any atom is 0.256 e. The van der Waals surface area contributed by atoms with Gasteiger partial charge >= 0.3 is 0 Å². The second-order valence-corrected chi connectivity index (χ2v) is 10.2. The first-order valence-corrected chi connectivity index (χ1v) is 12.4. The molecule has 3 aromatic carbocycles. The number of ether oxygens (including phenoxy) is 2. The van der Waals surface area contributed by atoms with E-state index in [2.05, 4.69) is 21.2 Å². The maximum atomic E-state index is 13.3. The van der Waals surface area contributed by atoms with Crippen LogP contribution in [0.4, 0.5) is 5.69 Å². The van der Waals surface area contributed by atoms with Crippen molar-refractivity contribution in [1.29, 1.82) is 0 Å². The van der Waals surface area contributed by atoms with Crippen LogP contribution < -0.4 is 14.8 Å². The van der Waals surface area contributed by atoms with Crippen molar-refractivity contribution in [2.75, 3.05) is 26.0 Å². The van der Waals surface area contributed by atoms with E-state index >= 15 is 0 Å². The zero-order chi connectivity index (χ0) is 25.6. The van der Waals surface area contributed by atoms with Crippen molar-refractivity contribution in [3.05, 3.63) is 97.0 Å². The number of para-hydroxylation sites is 1. The molecule has 2 heterocycles. The Morgan fingerprint density at radius 2 is 2.00 bits per heavy atom. The monoisotopic (exact) mass is 571 g/mol. The van der Waals surface area contributed by atoms with Crippen molar-refractivity contribution in [3.8, 4) is 11.5 Å². The van der Waals surface area contributed by atoms with Gasteiger partial charge < -0.3 is 14.8 Å². The van der Waals surface area contributed by atoms with Crippen LogP contribution in [0.5, 0.6) is 11.5 Å². The fourth-order valence-electron chi connectivity index (χ4n) is 5.46. The highest BCUT2D eigenvalue weighted by Gasteiger charge is 2.68. The quantitative estimate of drug-likeness (QED) is 0.322. The molecule has 1 amide bonds. The zero-order valence-electron chi connectivity index (χ0n) is 19.5. The summed E-state index contributed by atoms with van der Waals surface area (Å²) in [5.74, 6) is -0.0516. The number of methoxy groups -OCH3 is 1. The van der Waals surface area contributed by atoms with Gasteiger partial charge in [0.25, 0.3) is 11.9 Å². The minimum atomic E-state index is -1.41. The lowest BCUT2D eigenvalue weighted by Crippen LogP contribution is -2.54. The predicted molar refractivity (Wildman–Crippen MR) is 139 cm³/mol. The van der Waals surface area contributed by atoms with Crippen molar-refractivity contribution in [1.82, 2.24) is 4.90 Å². The van der Waals surface area contributed by atoms with Crippen LogP contribution in [0, 0.1) is 10.1 Å². The lowest BCUT2D eigenvalue weighted by molar-refractivity contribution is -0.534. The molecule has 1 spiro atoms. The number of halogens is 2. The number of amides is 1. The molecule has 0 aromatic heterocycles. The molecule has 0 saturated carbocycles. The van der Waals surface area contributed by atoms with Crippen LogP contribution in [0.25, 0.3) is 0 Å². The average Bonchev–Trinajstić information content (AvgIpc) is 3.32. The summed E-state index contributed by atoms with van der Waals surface area (Å²) < 4.78 is 12.2. The molecule has 2 aliphatic rings. The van der Waals surface area contributed by atoms with Crippen LogP contribution in [0.2, 0.25) is 5.02 Å². The topological polar surface area (TPSA) is 93.9 Å². The van der Waals surface area contributed by atoms with Gasteiger partial charge in [0.1, 0.15) is 6.61 Å². The molecular weight excluding hydrogens is 550 g/mol. The van der Waals surface area contributed by atoms with Crippen LogP contribution in [-0.4, -0.2) is 42.5 Å². The molecular formula is C26H23BrClN3O5. The number of likely N-dealkylation sites (N-methyl/N-ethyl adjacent to an activating group) is 1. The molecule has 1 N–H and O–H groups in total. The van der Waals surface area contributed by atoms with Crippen LogP contribution in [0.3, 0.4) is 0 Å². The van der Waals surface area contributed by atoms with Crippen LogP contribution in [0.1, 0.15) is 22.6 Å². The highest BCUT2D eigenvalue weighted by molar-refractivity contribution is 9.10. The average molecular weight is 573 g/mol. The molecule has 36 heavy (non-hydrogen) atoms. The Kier molecular flexibility index (Phi) is 6.40. The van der Waals surface area contributed by atoms with Gasteiger partial charge in [-0.15, -0.1) is 0 Å². The zero-order valence-corrected chi connectivity index (χ0v) is 21.9. The summed E-state index contributed by atoms with van der Waals surface area (Å²) in [4.78, 5) is 27.3. The molecule has 3 atom stereocenters. The summed E-state index contributed by atoms with van der Waals surface area (Å²) in [7, 11) is 3.28. The van der Waals surface area contributed by atoms with E-state index in [1.54, 1.807) is 48.3 Å². The number of hydrogen-bond donors (Lipinski definition) is 1. The largest absolute Gasteiger partial charge is 0.493 e. The Morgan fingerprint density at radius 1 is 1.22 bits per heavy atom. The third-order valence-corrected chi connectivity index (χ3v) is 7.82. The Morgan fingerprint density at radius 3 is 2.72 bits per heavy atom. The van der Waals surface area contributed by atoms with E-state index in [4.69, 9.17) is 21.1 Å². The van der Waals surface area contributed by atoms with E-state index in [9.17, 15) is 14.9 Å². The number of benzene rings is 3. The third kappa shape index (κ3) is 3.82. The summed E-state index contributed by atoms with van der Waals surface area (Å²) in [6.45, 7) is 0.574. The number of carbonyl (C=O) groups is 1. The Hall–Kier alpha value is -3.14. The minimum Gasteiger partial charge on any atom is -0.493 e. The lowest BCUT2D eigenvalue weighted by atomic mass is 9.79. The molecule has 0 aliphatic carbocycles. The number of rotatable bonds is 6. The lowest BCUT2D eigenvalue weighted by Gasteiger charge is -2.30. The van der Waals surface area contributed by atoms with Gasteiger partial charge in [-0.05, 0) is 64.4 Å². The van der Waals surface area contributed by atoms with Crippen molar-refractivity contribution < 1.29 is 19.2 Å². The molecule has 2 aliphatic heterocycles. The molecule has 5 rings (SSSR count). The number of carbonyl (C=O) groups excluding carboxylic acids is 1. The van der Waals surface area contributed by atoms with Gasteiger partial charge in [0.05, 0.1) is 17.5 Å². The molecule has 186 valence electrons. The number of nitrogens with zero attached hydrogens (tertiary/aromatic N) is 2. The van der Waals surface area contributed by atoms with E-state index < -0.39 is 17.5 Å². The molecule has 0 radical (unpaired) electrons. The summed E-state index contributed by atoms with van der Waals surface area (Å²) in [5.41, 5.74) is 1.38. The molecule has 1 fully saturated rings. The third-order valence-electron chi connectivity index (χ3n) is 6.99. The van der Waals surface area contributed by atoms with Gasteiger partial charge in [-0.2, -0.15) is 0 Å². The number of hydrogen-bond acceptors (Lipinski definition) is 6. The number of anilines is 1. The first-order valence-electron chi connectivity index (χ1n) is 11.3. The van der Waals surface area contributed by atoms with Crippen molar-refractivity contribution in [2.45, 2.75) is 24.1 Å². The van der Waals surface area contributed by atoms with Gasteiger partial charge in [0.2, 0.25) is 0 Å². The van der Waals surface area contributed by atoms with Crippen molar-refractivity contribution in [3.63, 3.8) is 0 Å². The predicted octanol–water partition coefficient (Wildman–Crippen LogP) is 5.21. The summed E-state index contributed by atoms with van der Waals surface area (Å²) >= 11 is 9.64. The second-order valence-electron chi connectivity index (χ2n) is 8.94. The highest BCUT2D eigenvalue weighted by atomic mass is 79.9. The molecule has 8 nitrogen and oxygen atoms in total. The standard InChI is InChI=1S/C26H23BrClN3O5/c1-30-13-18(24(31(33)34)26(30)19-8-3-4-9-21(19)29-25(26)32)16-11-20(27)23(22(12-16)35-2)36-14-15-6-5-7-17(28)10-15/h3-12,18,24H,13-14H2,1-2H3,(H,29,32)/t18-,24-,26-/m0/s1. The minimum absolute atomic E-state index is 0.263. The SMILES string of the molecule is COc1cc([C@@H]2CN(C)[C@]3(C(=O)Nc4ccccc43)[C@H]2[N+](=O)[O-])cc(Br)c1OCc1cccc(Cl)c1. The van der Waals surface area contributed by atoms with E-state index in [-0.39, 0.29) is 17.4 Å². The van der Waals surface area contributed by atoms with E-state index in [1.165, 1.54) is 7.11 Å².